The Kier molecular flexibility index (Phi) is 4.38. The zero-order valence-corrected chi connectivity index (χ0v) is 10.1. The number of halogens is 6. The first-order valence-corrected chi connectivity index (χ1v) is 5.57. The van der Waals surface area contributed by atoms with Crippen LogP contribution >= 0.6 is 0 Å². The summed E-state index contributed by atoms with van der Waals surface area (Å²) in [6.07, 6.45) is -10.3. The summed E-state index contributed by atoms with van der Waals surface area (Å²) in [5, 5.41) is 0. The number of nitrogens with two attached hydrogens (primary N) is 1. The Bertz CT molecular complexity index is 320. The smallest absolute Gasteiger partial charge is 0.345 e. The van der Waals surface area contributed by atoms with E-state index in [-0.39, 0.29) is 18.5 Å². The first kappa shape index (κ1) is 16.1. The predicted octanol–water partition coefficient (Wildman–Crippen LogP) is 1.92. The van der Waals surface area contributed by atoms with Crippen molar-refractivity contribution in [3.63, 3.8) is 0 Å². The van der Waals surface area contributed by atoms with E-state index in [2.05, 4.69) is 0 Å². The third-order valence-corrected chi connectivity index (χ3v) is 3.08. The molecule has 3 nitrogen and oxygen atoms in total. The van der Waals surface area contributed by atoms with Gasteiger partial charge in [-0.15, -0.1) is 0 Å². The monoisotopic (exact) mass is 292 g/mol. The van der Waals surface area contributed by atoms with Gasteiger partial charge in [0.25, 0.3) is 0 Å². The van der Waals surface area contributed by atoms with Crippen LogP contribution in [-0.2, 0) is 4.79 Å². The first-order chi connectivity index (χ1) is 8.43. The van der Waals surface area contributed by atoms with Crippen LogP contribution in [0.25, 0.3) is 0 Å². The number of carbonyl (C=O) groups excluding carboxylic acids is 1. The van der Waals surface area contributed by atoms with Crippen molar-refractivity contribution in [1.82, 2.24) is 4.90 Å². The van der Waals surface area contributed by atoms with Crippen LogP contribution in [0.1, 0.15) is 12.8 Å². The molecule has 1 fully saturated rings. The molecule has 1 aliphatic rings. The average Bonchev–Trinajstić information content (AvgIpc) is 2.10. The van der Waals surface area contributed by atoms with Gasteiger partial charge in [-0.1, -0.05) is 0 Å². The maximum atomic E-state index is 12.3. The number of hydrogen-bond acceptors (Lipinski definition) is 2. The topological polar surface area (TPSA) is 46.3 Å². The van der Waals surface area contributed by atoms with Gasteiger partial charge in [-0.25, -0.2) is 0 Å². The highest BCUT2D eigenvalue weighted by molar-refractivity contribution is 5.80. The molecular formula is C10H14F6N2O. The Morgan fingerprint density at radius 1 is 1.21 bits per heavy atom. The van der Waals surface area contributed by atoms with Crippen LogP contribution in [-0.4, -0.2) is 42.8 Å². The maximum absolute atomic E-state index is 12.3. The molecule has 0 atom stereocenters. The summed E-state index contributed by atoms with van der Waals surface area (Å²) in [6.45, 7) is -0.144. The number of amides is 1. The van der Waals surface area contributed by atoms with Crippen molar-refractivity contribution in [2.24, 2.45) is 17.6 Å². The Balaban J connectivity index is 2.71. The Labute approximate surface area is 105 Å². The van der Waals surface area contributed by atoms with Crippen molar-refractivity contribution in [3.05, 3.63) is 0 Å². The number of nitrogens with zero attached hydrogens (tertiary/aromatic N) is 1. The van der Waals surface area contributed by atoms with Crippen LogP contribution < -0.4 is 5.73 Å². The Morgan fingerprint density at radius 3 is 1.95 bits per heavy atom. The highest BCUT2D eigenvalue weighted by atomic mass is 19.4. The number of alkyl halides is 6. The molecule has 0 radical (unpaired) electrons. The SMILES string of the molecule is CN(CC1CC(N)C1)C(=O)C(C(F)(F)F)C(F)(F)F. The number of carbonyl (C=O) groups is 1. The number of hydrogen-bond donors (Lipinski definition) is 1. The summed E-state index contributed by atoms with van der Waals surface area (Å²) >= 11 is 0. The lowest BCUT2D eigenvalue weighted by Crippen LogP contribution is -2.51. The van der Waals surface area contributed by atoms with Gasteiger partial charge in [0.05, 0.1) is 0 Å². The van der Waals surface area contributed by atoms with Crippen molar-refractivity contribution in [3.8, 4) is 0 Å². The minimum atomic E-state index is -5.64. The van der Waals surface area contributed by atoms with Crippen LogP contribution in [0, 0.1) is 11.8 Å². The molecule has 1 saturated carbocycles. The standard InChI is InChI=1S/C10H14F6N2O/c1-18(4-5-2-6(17)3-5)8(19)7(9(11,12)13)10(14,15)16/h5-7H,2-4,17H2,1H3. The lowest BCUT2D eigenvalue weighted by Gasteiger charge is -2.36. The van der Waals surface area contributed by atoms with E-state index in [1.807, 2.05) is 0 Å². The van der Waals surface area contributed by atoms with E-state index in [0.29, 0.717) is 17.7 Å². The van der Waals surface area contributed by atoms with Gasteiger partial charge in [0, 0.05) is 19.6 Å². The molecule has 1 amide bonds. The quantitative estimate of drug-likeness (QED) is 0.808. The molecule has 112 valence electrons. The fourth-order valence-corrected chi connectivity index (χ4v) is 2.10. The fourth-order valence-electron chi connectivity index (χ4n) is 2.10. The van der Waals surface area contributed by atoms with E-state index < -0.39 is 24.2 Å². The summed E-state index contributed by atoms with van der Waals surface area (Å²) in [4.78, 5) is 11.8. The van der Waals surface area contributed by atoms with Crippen LogP contribution in [0.15, 0.2) is 0 Å². The Hall–Kier alpha value is -0.990. The fraction of sp³-hybridized carbons (Fsp3) is 0.900. The normalized spacial score (nSPS) is 24.3. The summed E-state index contributed by atoms with van der Waals surface area (Å²) < 4.78 is 74.0. The van der Waals surface area contributed by atoms with Crippen molar-refractivity contribution in [2.45, 2.75) is 31.2 Å². The van der Waals surface area contributed by atoms with Gasteiger partial charge in [-0.05, 0) is 18.8 Å². The Morgan fingerprint density at radius 2 is 1.63 bits per heavy atom. The van der Waals surface area contributed by atoms with Crippen molar-refractivity contribution < 1.29 is 31.1 Å². The van der Waals surface area contributed by atoms with E-state index in [0.717, 1.165) is 7.05 Å². The van der Waals surface area contributed by atoms with E-state index in [4.69, 9.17) is 5.73 Å². The van der Waals surface area contributed by atoms with Gasteiger partial charge in [0.15, 0.2) is 0 Å². The molecule has 0 saturated heterocycles. The second-order valence-corrected chi connectivity index (χ2v) is 4.83. The maximum Gasteiger partial charge on any atom is 0.409 e. The molecule has 2 N–H and O–H groups in total. The summed E-state index contributed by atoms with van der Waals surface area (Å²) in [6, 6.07) is -0.0884. The summed E-state index contributed by atoms with van der Waals surface area (Å²) in [5.41, 5.74) is 5.46. The molecule has 1 rings (SSSR count). The second-order valence-electron chi connectivity index (χ2n) is 4.83. The van der Waals surface area contributed by atoms with Crippen LogP contribution in [0.5, 0.6) is 0 Å². The van der Waals surface area contributed by atoms with Gasteiger partial charge < -0.3 is 10.6 Å². The molecule has 0 spiro atoms. The van der Waals surface area contributed by atoms with Gasteiger partial charge >= 0.3 is 12.4 Å². The van der Waals surface area contributed by atoms with E-state index in [9.17, 15) is 31.1 Å². The van der Waals surface area contributed by atoms with Crippen LogP contribution in [0.2, 0.25) is 0 Å². The number of rotatable bonds is 3. The molecule has 0 aliphatic heterocycles. The molecule has 0 heterocycles. The highest BCUT2D eigenvalue weighted by Crippen LogP contribution is 2.40. The molecule has 0 aromatic heterocycles. The van der Waals surface area contributed by atoms with E-state index in [1.165, 1.54) is 0 Å². The minimum Gasteiger partial charge on any atom is -0.345 e. The molecule has 9 heteroatoms. The predicted molar refractivity (Wildman–Crippen MR) is 53.9 cm³/mol. The molecule has 19 heavy (non-hydrogen) atoms. The van der Waals surface area contributed by atoms with E-state index >= 15 is 0 Å². The van der Waals surface area contributed by atoms with Crippen molar-refractivity contribution in [1.29, 1.82) is 0 Å². The molecule has 0 aromatic rings. The largest absolute Gasteiger partial charge is 0.409 e. The van der Waals surface area contributed by atoms with Crippen molar-refractivity contribution >= 4 is 5.91 Å². The average molecular weight is 292 g/mol. The van der Waals surface area contributed by atoms with Gasteiger partial charge in [0.2, 0.25) is 11.8 Å². The summed E-state index contributed by atoms with van der Waals surface area (Å²) in [7, 11) is 0.941. The van der Waals surface area contributed by atoms with Crippen molar-refractivity contribution in [2.75, 3.05) is 13.6 Å². The van der Waals surface area contributed by atoms with Gasteiger partial charge in [0.1, 0.15) is 0 Å². The van der Waals surface area contributed by atoms with E-state index in [1.54, 1.807) is 0 Å². The third-order valence-electron chi connectivity index (χ3n) is 3.08. The van der Waals surface area contributed by atoms with Crippen LogP contribution in [0.4, 0.5) is 26.3 Å². The molecule has 0 bridgehead atoms. The first-order valence-electron chi connectivity index (χ1n) is 5.57. The molecule has 0 unspecified atom stereocenters. The zero-order valence-electron chi connectivity index (χ0n) is 10.1. The van der Waals surface area contributed by atoms with Gasteiger partial charge in [-0.3, -0.25) is 4.79 Å². The lowest BCUT2D eigenvalue weighted by atomic mass is 9.80. The second kappa shape index (κ2) is 5.18. The zero-order chi connectivity index (χ0) is 15.0. The summed E-state index contributed by atoms with van der Waals surface area (Å²) in [5.74, 6) is -6.06. The minimum absolute atomic E-state index is 0.0884. The highest BCUT2D eigenvalue weighted by Gasteiger charge is 2.61. The molecule has 1 aliphatic carbocycles. The molecular weight excluding hydrogens is 278 g/mol. The van der Waals surface area contributed by atoms with Gasteiger partial charge in [-0.2, -0.15) is 26.3 Å². The lowest BCUT2D eigenvalue weighted by molar-refractivity contribution is -0.277. The third kappa shape index (κ3) is 3.99. The van der Waals surface area contributed by atoms with Crippen LogP contribution in [0.3, 0.4) is 0 Å². The molecule has 0 aromatic carbocycles.